The van der Waals surface area contributed by atoms with Gasteiger partial charge in [0, 0.05) is 10.5 Å². The minimum Gasteiger partial charge on any atom is -0.488 e. The van der Waals surface area contributed by atoms with E-state index in [2.05, 4.69) is 33.8 Å². The van der Waals surface area contributed by atoms with E-state index in [1.807, 2.05) is 12.1 Å². The average molecular weight is 237 g/mol. The molecule has 0 radical (unpaired) electrons. The topological polar surface area (TPSA) is 35.2 Å². The van der Waals surface area contributed by atoms with Crippen molar-refractivity contribution in [3.05, 3.63) is 23.8 Å². The lowest BCUT2D eigenvalue weighted by Crippen LogP contribution is -2.41. The normalized spacial score (nSPS) is 21.1. The number of rotatable bonds is 1. The molecule has 0 fully saturated rings. The van der Waals surface area contributed by atoms with Gasteiger partial charge in [0.05, 0.1) is 0 Å². The van der Waals surface area contributed by atoms with Crippen molar-refractivity contribution in [2.24, 2.45) is 5.14 Å². The maximum Gasteiger partial charge on any atom is 0.123 e. The summed E-state index contributed by atoms with van der Waals surface area (Å²) < 4.78 is 6.00. The Balaban J connectivity index is 2.51. The van der Waals surface area contributed by atoms with Crippen LogP contribution in [0.3, 0.4) is 0 Å². The third-order valence-corrected chi connectivity index (χ3v) is 3.60. The summed E-state index contributed by atoms with van der Waals surface area (Å²) in [6.45, 7) is 8.81. The Morgan fingerprint density at radius 3 is 2.56 bits per heavy atom. The Kier molecular flexibility index (Phi) is 2.71. The molecule has 0 saturated heterocycles. The van der Waals surface area contributed by atoms with Crippen molar-refractivity contribution >= 4 is 11.9 Å². The largest absolute Gasteiger partial charge is 0.488 e. The number of ether oxygens (including phenoxy) is 1. The molecule has 88 valence electrons. The predicted octanol–water partition coefficient (Wildman–Crippen LogP) is 3.49. The summed E-state index contributed by atoms with van der Waals surface area (Å²) in [5.41, 5.74) is 1.32. The van der Waals surface area contributed by atoms with E-state index in [1.165, 1.54) is 17.5 Å². The van der Waals surface area contributed by atoms with Gasteiger partial charge in [0.2, 0.25) is 0 Å². The van der Waals surface area contributed by atoms with Gasteiger partial charge >= 0.3 is 0 Å². The van der Waals surface area contributed by atoms with Gasteiger partial charge in [-0.05, 0) is 55.8 Å². The van der Waals surface area contributed by atoms with Crippen LogP contribution in [0.25, 0.3) is 0 Å². The van der Waals surface area contributed by atoms with Crippen LogP contribution in [0.1, 0.15) is 39.7 Å². The molecule has 1 aliphatic rings. The zero-order valence-electron chi connectivity index (χ0n) is 10.3. The molecule has 2 N–H and O–H groups in total. The van der Waals surface area contributed by atoms with E-state index in [4.69, 9.17) is 9.88 Å². The number of hydrogen-bond acceptors (Lipinski definition) is 3. The molecule has 0 bridgehead atoms. The number of hydrogen-bond donors (Lipinski definition) is 1. The lowest BCUT2D eigenvalue weighted by Gasteiger charge is -2.42. The van der Waals surface area contributed by atoms with Crippen LogP contribution in [0.2, 0.25) is 0 Å². The molecular weight excluding hydrogens is 218 g/mol. The van der Waals surface area contributed by atoms with Crippen LogP contribution < -0.4 is 9.88 Å². The van der Waals surface area contributed by atoms with Gasteiger partial charge in [0.25, 0.3) is 0 Å². The van der Waals surface area contributed by atoms with Crippen LogP contribution in [-0.4, -0.2) is 5.60 Å². The molecule has 0 aromatic heterocycles. The molecule has 3 heteroatoms. The van der Waals surface area contributed by atoms with Gasteiger partial charge in [-0.1, -0.05) is 13.8 Å². The van der Waals surface area contributed by atoms with Crippen LogP contribution >= 0.6 is 11.9 Å². The van der Waals surface area contributed by atoms with Gasteiger partial charge in [0.1, 0.15) is 11.4 Å². The van der Waals surface area contributed by atoms with Gasteiger partial charge in [-0.2, -0.15) is 0 Å². The van der Waals surface area contributed by atoms with Crippen molar-refractivity contribution in [1.82, 2.24) is 0 Å². The molecule has 0 aliphatic carbocycles. The summed E-state index contributed by atoms with van der Waals surface area (Å²) in [5, 5.41) is 5.60. The van der Waals surface area contributed by atoms with Crippen molar-refractivity contribution in [3.8, 4) is 5.75 Å². The second-order valence-electron chi connectivity index (χ2n) is 5.70. The van der Waals surface area contributed by atoms with Gasteiger partial charge in [-0.3, -0.25) is 5.14 Å². The Morgan fingerprint density at radius 2 is 1.94 bits per heavy atom. The van der Waals surface area contributed by atoms with E-state index in [0.717, 1.165) is 17.1 Å². The zero-order chi connectivity index (χ0) is 12.0. The van der Waals surface area contributed by atoms with Gasteiger partial charge < -0.3 is 4.74 Å². The molecule has 1 heterocycles. The van der Waals surface area contributed by atoms with E-state index in [9.17, 15) is 0 Å². The van der Waals surface area contributed by atoms with Crippen molar-refractivity contribution < 1.29 is 4.74 Å². The van der Waals surface area contributed by atoms with Crippen LogP contribution in [0.4, 0.5) is 0 Å². The second kappa shape index (κ2) is 3.67. The third-order valence-electron chi connectivity index (χ3n) is 3.07. The van der Waals surface area contributed by atoms with E-state index < -0.39 is 0 Å². The molecular formula is C13H19NOS. The summed E-state index contributed by atoms with van der Waals surface area (Å²) >= 11 is 1.29. The molecule has 0 saturated carbocycles. The lowest BCUT2D eigenvalue weighted by atomic mass is 9.74. The summed E-state index contributed by atoms with van der Waals surface area (Å²) in [6, 6.07) is 6.20. The highest BCUT2D eigenvalue weighted by atomic mass is 32.2. The van der Waals surface area contributed by atoms with Gasteiger partial charge in [-0.15, -0.1) is 0 Å². The summed E-state index contributed by atoms with van der Waals surface area (Å²) in [5.74, 6) is 0.999. The lowest BCUT2D eigenvalue weighted by molar-refractivity contribution is 0.0532. The summed E-state index contributed by atoms with van der Waals surface area (Å²) in [7, 11) is 0. The maximum atomic E-state index is 6.00. The predicted molar refractivity (Wildman–Crippen MR) is 68.8 cm³/mol. The zero-order valence-corrected chi connectivity index (χ0v) is 11.1. The van der Waals surface area contributed by atoms with Crippen LogP contribution in [-0.2, 0) is 5.41 Å². The fraction of sp³-hybridized carbons (Fsp3) is 0.538. The Hall–Kier alpha value is -0.670. The molecule has 0 spiro atoms. The van der Waals surface area contributed by atoms with Crippen molar-refractivity contribution in [1.29, 1.82) is 0 Å². The minimum absolute atomic E-state index is 0.0894. The Bertz CT molecular complexity index is 412. The van der Waals surface area contributed by atoms with Gasteiger partial charge in [-0.25, -0.2) is 0 Å². The molecule has 1 aromatic rings. The third kappa shape index (κ3) is 2.06. The SMILES string of the molecule is CC1(C)CC(C)(C)c2cc(SN)ccc2O1. The quantitative estimate of drug-likeness (QED) is 0.759. The van der Waals surface area contributed by atoms with E-state index in [0.29, 0.717) is 0 Å². The van der Waals surface area contributed by atoms with Gasteiger partial charge in [0.15, 0.2) is 0 Å². The first-order valence-electron chi connectivity index (χ1n) is 5.54. The first-order valence-corrected chi connectivity index (χ1v) is 6.42. The molecule has 16 heavy (non-hydrogen) atoms. The number of benzene rings is 1. The summed E-state index contributed by atoms with van der Waals surface area (Å²) in [4.78, 5) is 1.09. The fourth-order valence-electron chi connectivity index (χ4n) is 2.69. The molecule has 2 rings (SSSR count). The fourth-order valence-corrected chi connectivity index (χ4v) is 3.03. The van der Waals surface area contributed by atoms with Crippen LogP contribution in [0.5, 0.6) is 5.75 Å². The first-order chi connectivity index (χ1) is 7.34. The highest BCUT2D eigenvalue weighted by Gasteiger charge is 2.38. The van der Waals surface area contributed by atoms with Crippen molar-refractivity contribution in [2.45, 2.75) is 50.0 Å². The smallest absolute Gasteiger partial charge is 0.123 e. The molecule has 0 unspecified atom stereocenters. The second-order valence-corrected chi connectivity index (χ2v) is 6.41. The Labute approximate surface area is 102 Å². The molecule has 1 aromatic carbocycles. The molecule has 1 aliphatic heterocycles. The first kappa shape index (κ1) is 11.8. The highest BCUT2D eigenvalue weighted by Crippen LogP contribution is 2.45. The van der Waals surface area contributed by atoms with E-state index in [-0.39, 0.29) is 11.0 Å². The average Bonchev–Trinajstić information content (AvgIpc) is 2.14. The van der Waals surface area contributed by atoms with Crippen LogP contribution in [0.15, 0.2) is 23.1 Å². The molecule has 0 amide bonds. The maximum absolute atomic E-state index is 6.00. The highest BCUT2D eigenvalue weighted by molar-refractivity contribution is 7.97. The van der Waals surface area contributed by atoms with Crippen molar-refractivity contribution in [2.75, 3.05) is 0 Å². The van der Waals surface area contributed by atoms with E-state index in [1.54, 1.807) is 0 Å². The van der Waals surface area contributed by atoms with Crippen LogP contribution in [0, 0.1) is 0 Å². The standard InChI is InChI=1S/C13H19NOS/c1-12(2)8-13(3,4)15-11-6-5-9(16-14)7-10(11)12/h5-7H,8,14H2,1-4H3. The monoisotopic (exact) mass is 237 g/mol. The minimum atomic E-state index is -0.0894. The number of nitrogens with two attached hydrogens (primary N) is 1. The molecule has 2 nitrogen and oxygen atoms in total. The molecule has 0 atom stereocenters. The summed E-state index contributed by atoms with van der Waals surface area (Å²) in [6.07, 6.45) is 1.02. The van der Waals surface area contributed by atoms with Crippen molar-refractivity contribution in [3.63, 3.8) is 0 Å². The Morgan fingerprint density at radius 1 is 1.25 bits per heavy atom. The van der Waals surface area contributed by atoms with E-state index >= 15 is 0 Å². The number of fused-ring (bicyclic) bond motifs is 1.